The van der Waals surface area contributed by atoms with Gasteiger partial charge in [-0.05, 0) is 84.0 Å². The summed E-state index contributed by atoms with van der Waals surface area (Å²) in [7, 11) is 0. The highest BCUT2D eigenvalue weighted by Crippen LogP contribution is 2.39. The van der Waals surface area contributed by atoms with E-state index < -0.39 is 54.0 Å². The monoisotopic (exact) mass is 646 g/mol. The Morgan fingerprint density at radius 2 is 1.63 bits per heavy atom. The summed E-state index contributed by atoms with van der Waals surface area (Å²) in [5.74, 6) is -1.36. The Kier molecular flexibility index (Phi) is 9.81. The van der Waals surface area contributed by atoms with Crippen LogP contribution >= 0.6 is 0 Å². The van der Waals surface area contributed by atoms with E-state index in [1.807, 2.05) is 44.2 Å². The second kappa shape index (κ2) is 13.5. The van der Waals surface area contributed by atoms with Crippen LogP contribution in [0.1, 0.15) is 73.7 Å². The number of alkyl halides is 6. The highest BCUT2D eigenvalue weighted by atomic mass is 19.4. The third-order valence-corrected chi connectivity index (χ3v) is 8.63. The molecule has 3 aromatic rings. The van der Waals surface area contributed by atoms with Crippen LogP contribution < -0.4 is 5.32 Å². The van der Waals surface area contributed by atoms with Crippen LogP contribution in [0.4, 0.5) is 31.1 Å². The van der Waals surface area contributed by atoms with Gasteiger partial charge in [-0.15, -0.1) is 0 Å². The molecule has 2 heterocycles. The molecule has 0 radical (unpaired) electrons. The van der Waals surface area contributed by atoms with Crippen LogP contribution in [0.2, 0.25) is 0 Å². The minimum absolute atomic E-state index is 0.0132. The predicted molar refractivity (Wildman–Crippen MR) is 161 cm³/mol. The molecule has 246 valence electrons. The van der Waals surface area contributed by atoms with Gasteiger partial charge in [-0.1, -0.05) is 68.4 Å². The number of carbonyl (C=O) groups excluding carboxylic acids is 2. The van der Waals surface area contributed by atoms with Crippen molar-refractivity contribution in [2.24, 2.45) is 5.92 Å². The summed E-state index contributed by atoms with van der Waals surface area (Å²) in [4.78, 5) is 28.4. The first-order chi connectivity index (χ1) is 21.7. The van der Waals surface area contributed by atoms with Crippen molar-refractivity contribution in [1.29, 1.82) is 0 Å². The maximum Gasteiger partial charge on any atom is 0.417 e. The Balaban J connectivity index is 1.56. The van der Waals surface area contributed by atoms with E-state index in [9.17, 15) is 35.9 Å². The fraction of sp³-hybridized carbons (Fsp3) is 0.429. The zero-order valence-electron chi connectivity index (χ0n) is 25.5. The van der Waals surface area contributed by atoms with E-state index in [4.69, 9.17) is 4.74 Å². The Labute approximate surface area is 263 Å². The second-order valence-corrected chi connectivity index (χ2v) is 12.5. The van der Waals surface area contributed by atoms with E-state index in [0.717, 1.165) is 22.6 Å². The summed E-state index contributed by atoms with van der Waals surface area (Å²) >= 11 is 0. The lowest BCUT2D eigenvalue weighted by Gasteiger charge is -2.33. The van der Waals surface area contributed by atoms with E-state index in [2.05, 4.69) is 5.32 Å². The number of carbonyl (C=O) groups is 2. The molecule has 11 heteroatoms. The summed E-state index contributed by atoms with van der Waals surface area (Å²) in [6.07, 6.45) is -8.40. The van der Waals surface area contributed by atoms with E-state index in [1.54, 1.807) is 18.2 Å². The number of amides is 2. The number of rotatable bonds is 8. The van der Waals surface area contributed by atoms with Crippen LogP contribution in [0.25, 0.3) is 11.1 Å². The highest BCUT2D eigenvalue weighted by Gasteiger charge is 2.44. The van der Waals surface area contributed by atoms with Gasteiger partial charge in [0.1, 0.15) is 12.6 Å². The number of piperidine rings is 1. The van der Waals surface area contributed by atoms with Gasteiger partial charge in [0, 0.05) is 6.04 Å². The Morgan fingerprint density at radius 3 is 2.26 bits per heavy atom. The number of hydrogen-bond acceptors (Lipinski definition) is 4. The number of halogens is 6. The smallest absolute Gasteiger partial charge is 0.417 e. The molecule has 2 amide bonds. The molecule has 5 rings (SSSR count). The summed E-state index contributed by atoms with van der Waals surface area (Å²) in [5, 5.41) is 2.71. The average Bonchev–Trinajstić information content (AvgIpc) is 3.38. The molecule has 0 aliphatic carbocycles. The molecule has 4 unspecified atom stereocenters. The zero-order valence-corrected chi connectivity index (χ0v) is 25.5. The lowest BCUT2D eigenvalue weighted by Crippen LogP contribution is -2.46. The number of imide groups is 1. The van der Waals surface area contributed by atoms with Crippen LogP contribution in [-0.4, -0.2) is 41.8 Å². The van der Waals surface area contributed by atoms with Crippen molar-refractivity contribution < 1.29 is 40.7 Å². The molecule has 2 aliphatic heterocycles. The first-order valence-electron chi connectivity index (χ1n) is 15.4. The molecule has 1 N–H and O–H groups in total. The minimum Gasteiger partial charge on any atom is -0.447 e. The van der Waals surface area contributed by atoms with Gasteiger partial charge in [0.05, 0.1) is 17.5 Å². The number of benzene rings is 3. The van der Waals surface area contributed by atoms with Crippen LogP contribution in [0, 0.1) is 5.92 Å². The van der Waals surface area contributed by atoms with Gasteiger partial charge in [0.25, 0.3) is 0 Å². The fourth-order valence-corrected chi connectivity index (χ4v) is 6.34. The van der Waals surface area contributed by atoms with Crippen molar-refractivity contribution in [3.63, 3.8) is 0 Å². The van der Waals surface area contributed by atoms with Crippen molar-refractivity contribution in [3.05, 3.63) is 95.1 Å². The Morgan fingerprint density at radius 1 is 0.935 bits per heavy atom. The molecule has 2 saturated heterocycles. The topological polar surface area (TPSA) is 58.6 Å². The van der Waals surface area contributed by atoms with Gasteiger partial charge in [0.15, 0.2) is 0 Å². The normalized spacial score (nSPS) is 21.4. The molecule has 3 aromatic carbocycles. The molecular weight excluding hydrogens is 610 g/mol. The maximum atomic E-state index is 14.3. The summed E-state index contributed by atoms with van der Waals surface area (Å²) in [5.41, 5.74) is 1.92. The average molecular weight is 647 g/mol. The quantitative estimate of drug-likeness (QED) is 0.249. The Hall–Kier alpha value is -3.86. The van der Waals surface area contributed by atoms with Crippen LogP contribution in [0.15, 0.2) is 72.8 Å². The third-order valence-electron chi connectivity index (χ3n) is 8.63. The van der Waals surface area contributed by atoms with Crippen molar-refractivity contribution in [2.75, 3.05) is 6.61 Å². The molecule has 0 saturated carbocycles. The first-order valence-corrected chi connectivity index (χ1v) is 15.4. The van der Waals surface area contributed by atoms with E-state index in [0.29, 0.717) is 47.9 Å². The van der Waals surface area contributed by atoms with E-state index in [1.165, 1.54) is 12.1 Å². The van der Waals surface area contributed by atoms with Crippen molar-refractivity contribution in [2.45, 2.75) is 82.3 Å². The standard InChI is InChI=1S/C35H36F6N2O3/c1-21(2)15-29(32(44)43-28(20-46-33(43)45)16-22-7-4-3-5-8-22)25-17-24(23-11-13-27(14-12-23)34(36,37)38)18-26(19-25)30-9-6-10-31(42-30)35(39,40)41/h3-5,7-8,11-14,17-19,21,28-31,42H,6,9-10,15-16,20H2,1-2H3. The molecule has 5 nitrogen and oxygen atoms in total. The van der Waals surface area contributed by atoms with Crippen LogP contribution in [0.3, 0.4) is 0 Å². The number of ether oxygens (including phenoxy) is 1. The predicted octanol–water partition coefficient (Wildman–Crippen LogP) is 8.84. The summed E-state index contributed by atoms with van der Waals surface area (Å²) in [6.45, 7) is 3.86. The van der Waals surface area contributed by atoms with Gasteiger partial charge >= 0.3 is 18.4 Å². The van der Waals surface area contributed by atoms with Gasteiger partial charge in [-0.3, -0.25) is 10.1 Å². The lowest BCUT2D eigenvalue weighted by atomic mass is 9.83. The largest absolute Gasteiger partial charge is 0.447 e. The maximum absolute atomic E-state index is 14.3. The van der Waals surface area contributed by atoms with Crippen LogP contribution in [-0.2, 0) is 22.1 Å². The zero-order chi connectivity index (χ0) is 33.2. The highest BCUT2D eigenvalue weighted by molar-refractivity contribution is 5.97. The van der Waals surface area contributed by atoms with Crippen molar-refractivity contribution in [1.82, 2.24) is 10.2 Å². The second-order valence-electron chi connectivity index (χ2n) is 12.5. The van der Waals surface area contributed by atoms with Crippen LogP contribution in [0.5, 0.6) is 0 Å². The van der Waals surface area contributed by atoms with Crippen molar-refractivity contribution >= 4 is 12.0 Å². The lowest BCUT2D eigenvalue weighted by molar-refractivity contribution is -0.163. The SMILES string of the molecule is CC(C)CC(C(=O)N1C(=O)OCC1Cc1ccccc1)c1cc(-c2ccc(C(F)(F)F)cc2)cc(C2CCCC(C(F)(F)F)N2)c1. The van der Waals surface area contributed by atoms with Gasteiger partial charge in [-0.25, -0.2) is 9.69 Å². The van der Waals surface area contributed by atoms with Gasteiger partial charge < -0.3 is 4.74 Å². The van der Waals surface area contributed by atoms with Gasteiger partial charge in [-0.2, -0.15) is 26.3 Å². The first kappa shape index (κ1) is 33.5. The summed E-state index contributed by atoms with van der Waals surface area (Å²) < 4.78 is 86.4. The molecule has 46 heavy (non-hydrogen) atoms. The molecule has 4 atom stereocenters. The Bertz CT molecular complexity index is 1520. The third kappa shape index (κ3) is 7.74. The molecule has 2 fully saturated rings. The molecule has 0 spiro atoms. The molecule has 0 bridgehead atoms. The summed E-state index contributed by atoms with van der Waals surface area (Å²) in [6, 6.07) is 16.0. The number of hydrogen-bond donors (Lipinski definition) is 1. The van der Waals surface area contributed by atoms with E-state index >= 15 is 0 Å². The van der Waals surface area contributed by atoms with E-state index in [-0.39, 0.29) is 18.9 Å². The van der Waals surface area contributed by atoms with Gasteiger partial charge in [0.2, 0.25) is 5.91 Å². The minimum atomic E-state index is -4.54. The number of cyclic esters (lactones) is 1. The fourth-order valence-electron chi connectivity index (χ4n) is 6.34. The number of nitrogens with zero attached hydrogens (tertiary/aromatic N) is 1. The van der Waals surface area contributed by atoms with Crippen molar-refractivity contribution in [3.8, 4) is 11.1 Å². The molecular formula is C35H36F6N2O3. The molecule has 2 aliphatic rings. The molecule has 0 aromatic heterocycles. The number of nitrogens with one attached hydrogen (secondary N) is 1.